The molecule has 0 spiro atoms. The van der Waals surface area contributed by atoms with Gasteiger partial charge >= 0.3 is 12.4 Å². The molecule has 1 nitrogen and oxygen atoms in total. The minimum absolute atomic E-state index is 0.00493. The molecule has 0 bridgehead atoms. The Kier molecular flexibility index (Phi) is 4.11. The molecule has 24 heavy (non-hydrogen) atoms. The molecule has 0 amide bonds. The molecule has 1 heterocycles. The first-order valence-corrected chi connectivity index (χ1v) is 7.75. The summed E-state index contributed by atoms with van der Waals surface area (Å²) < 4.78 is 82.9. The number of alkyl halides is 6. The Morgan fingerprint density at radius 2 is 1.75 bits per heavy atom. The van der Waals surface area contributed by atoms with Gasteiger partial charge in [-0.1, -0.05) is 30.4 Å². The second kappa shape index (κ2) is 5.73. The maximum Gasteiger partial charge on any atom is 0.417 e. The molecule has 9 heteroatoms. The van der Waals surface area contributed by atoms with Crippen LogP contribution in [0, 0.1) is 0 Å². The van der Waals surface area contributed by atoms with E-state index >= 15 is 0 Å². The lowest BCUT2D eigenvalue weighted by Crippen LogP contribution is -2.21. The molecule has 0 N–H and O–H groups in total. The third-order valence-electron chi connectivity index (χ3n) is 3.55. The molecular formula is C15H7F6NS2. The number of hydrogen-bond acceptors (Lipinski definition) is 3. The van der Waals surface area contributed by atoms with Crippen molar-refractivity contribution < 1.29 is 26.3 Å². The van der Waals surface area contributed by atoms with E-state index in [9.17, 15) is 26.3 Å². The van der Waals surface area contributed by atoms with Crippen molar-refractivity contribution in [2.75, 3.05) is 0 Å². The summed E-state index contributed by atoms with van der Waals surface area (Å²) >= 11 is 5.63. The molecule has 2 aliphatic rings. The second-order valence-corrected chi connectivity index (χ2v) is 6.33. The SMILES string of the molecule is FC(F)(F)C1=CCC(=S)C2=C1C=NSc1c2cccc1C(F)(F)F. The normalized spacial score (nSPS) is 18.1. The number of fused-ring (bicyclic) bond motifs is 2. The van der Waals surface area contributed by atoms with Gasteiger partial charge in [0.05, 0.1) is 16.0 Å². The third kappa shape index (κ3) is 2.90. The highest BCUT2D eigenvalue weighted by atomic mass is 32.2. The zero-order valence-corrected chi connectivity index (χ0v) is 13.3. The van der Waals surface area contributed by atoms with Gasteiger partial charge in [0.2, 0.25) is 0 Å². The van der Waals surface area contributed by atoms with Crippen LogP contribution in [0.15, 0.2) is 44.7 Å². The van der Waals surface area contributed by atoms with Crippen molar-refractivity contribution in [2.45, 2.75) is 23.7 Å². The molecule has 0 saturated carbocycles. The Hall–Kier alpha value is -1.61. The van der Waals surface area contributed by atoms with Crippen LogP contribution in [-0.4, -0.2) is 17.3 Å². The fourth-order valence-corrected chi connectivity index (χ4v) is 3.69. The molecule has 0 saturated heterocycles. The summed E-state index contributed by atoms with van der Waals surface area (Å²) in [6.45, 7) is 0. The van der Waals surface area contributed by atoms with Gasteiger partial charge in [-0.15, -0.1) is 0 Å². The van der Waals surface area contributed by atoms with E-state index in [1.807, 2.05) is 0 Å². The average molecular weight is 379 g/mol. The number of halogens is 6. The first kappa shape index (κ1) is 17.2. The topological polar surface area (TPSA) is 12.4 Å². The smallest absolute Gasteiger partial charge is 0.219 e. The van der Waals surface area contributed by atoms with Crippen molar-refractivity contribution >= 4 is 40.8 Å². The average Bonchev–Trinajstić information content (AvgIpc) is 2.64. The van der Waals surface area contributed by atoms with Crippen molar-refractivity contribution in [2.24, 2.45) is 4.40 Å². The Bertz CT molecular complexity index is 814. The standard InChI is InChI=1S/C15H7F6NS2/c16-14(17,18)9-4-5-11(23)12-7-2-1-3-10(15(19,20)21)13(7)24-22-6-8(9)12/h1-4,6H,5H2. The van der Waals surface area contributed by atoms with Crippen LogP contribution >= 0.6 is 24.2 Å². The van der Waals surface area contributed by atoms with Crippen LogP contribution in [0.3, 0.4) is 0 Å². The highest BCUT2D eigenvalue weighted by Crippen LogP contribution is 2.46. The minimum atomic E-state index is -4.64. The Morgan fingerprint density at radius 3 is 2.38 bits per heavy atom. The molecular weight excluding hydrogens is 372 g/mol. The third-order valence-corrected chi connectivity index (χ3v) is 4.75. The molecule has 3 rings (SSSR count). The van der Waals surface area contributed by atoms with Crippen LogP contribution in [0.4, 0.5) is 26.3 Å². The van der Waals surface area contributed by atoms with Crippen LogP contribution in [0.5, 0.6) is 0 Å². The zero-order valence-electron chi connectivity index (χ0n) is 11.6. The van der Waals surface area contributed by atoms with E-state index in [1.165, 1.54) is 6.07 Å². The van der Waals surface area contributed by atoms with Gasteiger partial charge in [-0.2, -0.15) is 26.3 Å². The molecule has 0 unspecified atom stereocenters. The number of benzene rings is 1. The fraction of sp³-hybridized carbons (Fsp3) is 0.200. The molecule has 0 atom stereocenters. The summed E-state index contributed by atoms with van der Waals surface area (Å²) in [6.07, 6.45) is -7.56. The number of hydrogen-bond donors (Lipinski definition) is 0. The molecule has 0 radical (unpaired) electrons. The number of allylic oxidation sites excluding steroid dienone is 4. The summed E-state index contributed by atoms with van der Waals surface area (Å²) in [5.74, 6) is 0. The van der Waals surface area contributed by atoms with Crippen LogP contribution in [0.1, 0.15) is 17.5 Å². The van der Waals surface area contributed by atoms with Crippen LogP contribution in [0.25, 0.3) is 5.57 Å². The number of rotatable bonds is 0. The van der Waals surface area contributed by atoms with Crippen molar-refractivity contribution in [1.82, 2.24) is 0 Å². The predicted molar refractivity (Wildman–Crippen MR) is 84.1 cm³/mol. The zero-order chi connectivity index (χ0) is 17.7. The Morgan fingerprint density at radius 1 is 1.04 bits per heavy atom. The maximum absolute atomic E-state index is 13.2. The van der Waals surface area contributed by atoms with Crippen LogP contribution in [0.2, 0.25) is 0 Å². The summed E-state index contributed by atoms with van der Waals surface area (Å²) in [6, 6.07) is 3.37. The molecule has 1 aliphatic heterocycles. The summed E-state index contributed by atoms with van der Waals surface area (Å²) in [7, 11) is 0. The molecule has 126 valence electrons. The van der Waals surface area contributed by atoms with Crippen molar-refractivity contribution in [1.29, 1.82) is 0 Å². The van der Waals surface area contributed by atoms with E-state index in [1.54, 1.807) is 0 Å². The molecule has 1 aromatic carbocycles. The van der Waals surface area contributed by atoms with Gasteiger partial charge in [0.15, 0.2) is 0 Å². The van der Waals surface area contributed by atoms with Gasteiger partial charge in [-0.05, 0) is 11.6 Å². The number of nitrogens with zero attached hydrogens (tertiary/aromatic N) is 1. The first-order valence-electron chi connectivity index (χ1n) is 6.57. The highest BCUT2D eigenvalue weighted by Gasteiger charge is 2.41. The maximum atomic E-state index is 13.2. The van der Waals surface area contributed by atoms with Crippen molar-refractivity contribution in [3.63, 3.8) is 0 Å². The van der Waals surface area contributed by atoms with Gasteiger partial charge in [0.25, 0.3) is 0 Å². The Labute approximate surface area is 142 Å². The van der Waals surface area contributed by atoms with Gasteiger partial charge in [0.1, 0.15) is 0 Å². The summed E-state index contributed by atoms with van der Waals surface area (Å²) in [4.78, 5) is -0.0791. The minimum Gasteiger partial charge on any atom is -0.219 e. The largest absolute Gasteiger partial charge is 0.417 e. The highest BCUT2D eigenvalue weighted by molar-refractivity contribution is 7.98. The molecule has 0 aromatic heterocycles. The van der Waals surface area contributed by atoms with Crippen LogP contribution < -0.4 is 0 Å². The van der Waals surface area contributed by atoms with Crippen LogP contribution in [-0.2, 0) is 6.18 Å². The summed E-state index contributed by atoms with van der Waals surface area (Å²) in [5.41, 5.74) is -2.14. The quantitative estimate of drug-likeness (QED) is 0.320. The number of thiocarbonyl (C=S) groups is 1. The van der Waals surface area contributed by atoms with Gasteiger partial charge in [-0.3, -0.25) is 0 Å². The molecule has 1 aromatic rings. The van der Waals surface area contributed by atoms with E-state index in [4.69, 9.17) is 12.2 Å². The van der Waals surface area contributed by atoms with Gasteiger partial charge in [0, 0.05) is 40.6 Å². The first-order chi connectivity index (χ1) is 11.1. The lowest BCUT2D eigenvalue weighted by atomic mass is 9.86. The molecule has 0 fully saturated rings. The molecule has 1 aliphatic carbocycles. The lowest BCUT2D eigenvalue weighted by molar-refractivity contribution is -0.139. The Balaban J connectivity index is 2.30. The predicted octanol–water partition coefficient (Wildman–Crippen LogP) is 5.81. The monoisotopic (exact) mass is 379 g/mol. The van der Waals surface area contributed by atoms with E-state index in [0.29, 0.717) is 11.9 Å². The fourth-order valence-electron chi connectivity index (χ4n) is 2.58. The van der Waals surface area contributed by atoms with E-state index in [2.05, 4.69) is 4.40 Å². The van der Waals surface area contributed by atoms with Gasteiger partial charge in [-0.25, -0.2) is 4.40 Å². The van der Waals surface area contributed by atoms with E-state index < -0.39 is 23.5 Å². The lowest BCUT2D eigenvalue weighted by Gasteiger charge is -2.23. The van der Waals surface area contributed by atoms with Crippen molar-refractivity contribution in [3.8, 4) is 0 Å². The van der Waals surface area contributed by atoms with Gasteiger partial charge < -0.3 is 0 Å². The van der Waals surface area contributed by atoms with Crippen molar-refractivity contribution in [3.05, 3.63) is 46.5 Å². The van der Waals surface area contributed by atoms with E-state index in [0.717, 1.165) is 24.4 Å². The summed E-state index contributed by atoms with van der Waals surface area (Å²) in [5, 5.41) is 0. The van der Waals surface area contributed by atoms with E-state index in [-0.39, 0.29) is 32.9 Å². The second-order valence-electron chi connectivity index (χ2n) is 5.04.